The predicted octanol–water partition coefficient (Wildman–Crippen LogP) is 3.47. The Labute approximate surface area is 199 Å². The Bertz CT molecular complexity index is 1060. The van der Waals surface area contributed by atoms with E-state index < -0.39 is 28.5 Å². The van der Waals surface area contributed by atoms with Crippen molar-refractivity contribution in [3.63, 3.8) is 0 Å². The molecule has 1 N–H and O–H groups in total. The van der Waals surface area contributed by atoms with Crippen LogP contribution in [0, 0.1) is 6.92 Å². The second-order valence-corrected chi connectivity index (χ2v) is 10.9. The summed E-state index contributed by atoms with van der Waals surface area (Å²) in [6.45, 7) is 6.98. The Kier molecular flexibility index (Phi) is 8.86. The average Bonchev–Trinajstić information content (AvgIpc) is 2.69. The quantitative estimate of drug-likeness (QED) is 0.545. The second kappa shape index (κ2) is 11.0. The monoisotopic (exact) mass is 523 g/mol. The van der Waals surface area contributed by atoms with Crippen molar-refractivity contribution in [1.29, 1.82) is 0 Å². The van der Waals surface area contributed by atoms with Gasteiger partial charge in [0.15, 0.2) is 0 Å². The minimum Gasteiger partial charge on any atom is -0.352 e. The molecule has 0 aliphatic heterocycles. The van der Waals surface area contributed by atoms with Gasteiger partial charge in [-0.15, -0.1) is 0 Å². The van der Waals surface area contributed by atoms with Crippen LogP contribution in [0.2, 0.25) is 0 Å². The van der Waals surface area contributed by atoms with E-state index in [-0.39, 0.29) is 18.5 Å². The molecule has 174 valence electrons. The van der Waals surface area contributed by atoms with Crippen molar-refractivity contribution in [2.24, 2.45) is 0 Å². The molecule has 0 heterocycles. The summed E-state index contributed by atoms with van der Waals surface area (Å²) in [5, 5.41) is 2.82. The van der Waals surface area contributed by atoms with Gasteiger partial charge >= 0.3 is 0 Å². The van der Waals surface area contributed by atoms with E-state index in [1.165, 1.54) is 4.90 Å². The van der Waals surface area contributed by atoms with Crippen LogP contribution in [0.15, 0.2) is 53.0 Å². The van der Waals surface area contributed by atoms with Crippen LogP contribution in [0.5, 0.6) is 0 Å². The highest BCUT2D eigenvalue weighted by atomic mass is 79.9. The van der Waals surface area contributed by atoms with E-state index in [1.54, 1.807) is 31.2 Å². The highest BCUT2D eigenvalue weighted by Crippen LogP contribution is 2.20. The highest BCUT2D eigenvalue weighted by Gasteiger charge is 2.30. The summed E-state index contributed by atoms with van der Waals surface area (Å²) in [6.07, 6.45) is 1.06. The van der Waals surface area contributed by atoms with Gasteiger partial charge in [-0.25, -0.2) is 8.42 Å². The maximum absolute atomic E-state index is 13.4. The third-order valence-corrected chi connectivity index (χ3v) is 6.48. The summed E-state index contributed by atoms with van der Waals surface area (Å²) >= 11 is 3.42. The number of halogens is 1. The number of rotatable bonds is 9. The van der Waals surface area contributed by atoms with Gasteiger partial charge in [0.25, 0.3) is 0 Å². The molecule has 0 fully saturated rings. The molecule has 0 radical (unpaired) electrons. The van der Waals surface area contributed by atoms with Crippen LogP contribution in [0.4, 0.5) is 5.69 Å². The molecule has 2 amide bonds. The Hall–Kier alpha value is -2.39. The number of hydrogen-bond acceptors (Lipinski definition) is 4. The van der Waals surface area contributed by atoms with Crippen LogP contribution in [-0.4, -0.2) is 50.0 Å². The Morgan fingerprint density at radius 1 is 1.06 bits per heavy atom. The Morgan fingerprint density at radius 2 is 1.69 bits per heavy atom. The van der Waals surface area contributed by atoms with Gasteiger partial charge in [-0.3, -0.25) is 13.9 Å². The first-order valence-electron chi connectivity index (χ1n) is 10.3. The highest BCUT2D eigenvalue weighted by molar-refractivity contribution is 9.10. The number of nitrogens with one attached hydrogen (secondary N) is 1. The number of amides is 2. The van der Waals surface area contributed by atoms with Gasteiger partial charge < -0.3 is 10.2 Å². The molecule has 0 aliphatic carbocycles. The minimum absolute atomic E-state index is 0.0900. The van der Waals surface area contributed by atoms with Crippen molar-refractivity contribution >= 4 is 43.5 Å². The summed E-state index contributed by atoms with van der Waals surface area (Å²) in [4.78, 5) is 27.5. The number of carbonyl (C=O) groups is 2. The van der Waals surface area contributed by atoms with Gasteiger partial charge in [0, 0.05) is 17.1 Å². The van der Waals surface area contributed by atoms with Gasteiger partial charge in [-0.05, 0) is 57.5 Å². The van der Waals surface area contributed by atoms with Crippen LogP contribution in [-0.2, 0) is 26.2 Å². The van der Waals surface area contributed by atoms with Crippen molar-refractivity contribution in [3.05, 3.63) is 64.1 Å². The number of anilines is 1. The topological polar surface area (TPSA) is 86.8 Å². The molecule has 0 aliphatic rings. The van der Waals surface area contributed by atoms with E-state index in [0.29, 0.717) is 5.69 Å². The van der Waals surface area contributed by atoms with E-state index in [1.807, 2.05) is 45.0 Å². The standard InChI is InChI=1S/C23H30BrN3O4S/c1-16(2)25-23(29)18(4)26(14-19-7-6-8-20(24)13-19)22(28)15-27(32(5,30)31)21-11-9-17(3)10-12-21/h6-13,16,18H,14-15H2,1-5H3,(H,25,29)/t18-/m0/s1. The first-order chi connectivity index (χ1) is 14.9. The van der Waals surface area contributed by atoms with Crippen molar-refractivity contribution < 1.29 is 18.0 Å². The predicted molar refractivity (Wildman–Crippen MR) is 131 cm³/mol. The largest absolute Gasteiger partial charge is 0.352 e. The van der Waals surface area contributed by atoms with E-state index in [9.17, 15) is 18.0 Å². The van der Waals surface area contributed by atoms with Crippen molar-refractivity contribution in [2.75, 3.05) is 17.1 Å². The average molecular weight is 524 g/mol. The Balaban J connectivity index is 2.38. The fourth-order valence-corrected chi connectivity index (χ4v) is 4.44. The molecule has 2 rings (SSSR count). The number of nitrogens with zero attached hydrogens (tertiary/aromatic N) is 2. The van der Waals surface area contributed by atoms with Gasteiger partial charge in [-0.2, -0.15) is 0 Å². The lowest BCUT2D eigenvalue weighted by Crippen LogP contribution is -2.52. The number of hydrogen-bond donors (Lipinski definition) is 1. The number of aryl methyl sites for hydroxylation is 1. The minimum atomic E-state index is -3.73. The zero-order valence-electron chi connectivity index (χ0n) is 19.0. The molecular weight excluding hydrogens is 494 g/mol. The van der Waals surface area contributed by atoms with Crippen LogP contribution in [0.3, 0.4) is 0 Å². The van der Waals surface area contributed by atoms with Crippen LogP contribution in [0.25, 0.3) is 0 Å². The number of benzene rings is 2. The lowest BCUT2D eigenvalue weighted by molar-refractivity contribution is -0.139. The normalized spacial score (nSPS) is 12.3. The van der Waals surface area contributed by atoms with Gasteiger partial charge in [0.2, 0.25) is 21.8 Å². The van der Waals surface area contributed by atoms with Crippen LogP contribution in [0.1, 0.15) is 31.9 Å². The molecule has 32 heavy (non-hydrogen) atoms. The smallest absolute Gasteiger partial charge is 0.244 e. The number of sulfonamides is 1. The lowest BCUT2D eigenvalue weighted by Gasteiger charge is -2.32. The maximum Gasteiger partial charge on any atom is 0.244 e. The second-order valence-electron chi connectivity index (χ2n) is 8.10. The summed E-state index contributed by atoms with van der Waals surface area (Å²) in [7, 11) is -3.73. The molecule has 0 aromatic heterocycles. The molecular formula is C23H30BrN3O4S. The molecule has 9 heteroatoms. The first kappa shape index (κ1) is 25.9. The molecule has 0 spiro atoms. The van der Waals surface area contributed by atoms with Gasteiger partial charge in [0.05, 0.1) is 11.9 Å². The maximum atomic E-state index is 13.4. The zero-order chi connectivity index (χ0) is 24.1. The zero-order valence-corrected chi connectivity index (χ0v) is 21.4. The van der Waals surface area contributed by atoms with Gasteiger partial charge in [-0.1, -0.05) is 45.8 Å². The molecule has 1 atom stereocenters. The Morgan fingerprint density at radius 3 is 2.22 bits per heavy atom. The molecule has 0 saturated heterocycles. The summed E-state index contributed by atoms with van der Waals surface area (Å²) in [5.41, 5.74) is 2.19. The fourth-order valence-electron chi connectivity index (χ4n) is 3.14. The summed E-state index contributed by atoms with van der Waals surface area (Å²) in [6, 6.07) is 13.5. The molecule has 0 unspecified atom stereocenters. The summed E-state index contributed by atoms with van der Waals surface area (Å²) in [5.74, 6) is -0.771. The van der Waals surface area contributed by atoms with Crippen LogP contribution >= 0.6 is 15.9 Å². The van der Waals surface area contributed by atoms with E-state index >= 15 is 0 Å². The summed E-state index contributed by atoms with van der Waals surface area (Å²) < 4.78 is 26.9. The molecule has 0 bridgehead atoms. The fraction of sp³-hybridized carbons (Fsp3) is 0.391. The SMILES string of the molecule is Cc1ccc(N(CC(=O)N(Cc2cccc(Br)c2)[C@@H](C)C(=O)NC(C)C)S(C)(=O)=O)cc1. The molecule has 2 aromatic carbocycles. The first-order valence-corrected chi connectivity index (χ1v) is 12.9. The molecule has 7 nitrogen and oxygen atoms in total. The number of carbonyl (C=O) groups excluding carboxylic acids is 2. The third-order valence-electron chi connectivity index (χ3n) is 4.84. The van der Waals surface area contributed by atoms with E-state index in [2.05, 4.69) is 21.2 Å². The van der Waals surface area contributed by atoms with E-state index in [4.69, 9.17) is 0 Å². The van der Waals surface area contributed by atoms with E-state index in [0.717, 1.165) is 26.2 Å². The van der Waals surface area contributed by atoms with Crippen molar-refractivity contribution in [1.82, 2.24) is 10.2 Å². The van der Waals surface area contributed by atoms with Crippen molar-refractivity contribution in [2.45, 2.75) is 46.3 Å². The van der Waals surface area contributed by atoms with Crippen LogP contribution < -0.4 is 9.62 Å². The van der Waals surface area contributed by atoms with Crippen molar-refractivity contribution in [3.8, 4) is 0 Å². The molecule has 0 saturated carbocycles. The molecule has 2 aromatic rings. The third kappa shape index (κ3) is 7.34. The lowest BCUT2D eigenvalue weighted by atomic mass is 10.1. The van der Waals surface area contributed by atoms with Gasteiger partial charge in [0.1, 0.15) is 12.6 Å².